The maximum Gasteiger partial charge on any atom is 0.225 e. The SMILES string of the molecule is COc1cccc(CCNCCC(=O)Nc2ccc(Br)c(C)c2)c1. The van der Waals surface area contributed by atoms with Crippen LogP contribution in [-0.4, -0.2) is 26.1 Å². The Morgan fingerprint density at radius 2 is 2.00 bits per heavy atom. The summed E-state index contributed by atoms with van der Waals surface area (Å²) in [5, 5.41) is 6.22. The fraction of sp³-hybridized carbons (Fsp3) is 0.316. The number of hydrogen-bond donors (Lipinski definition) is 2. The molecule has 0 aliphatic carbocycles. The molecule has 2 N–H and O–H groups in total. The molecule has 128 valence electrons. The van der Waals surface area contributed by atoms with E-state index in [1.807, 2.05) is 43.3 Å². The molecular formula is C19H23BrN2O2. The first-order valence-electron chi connectivity index (χ1n) is 7.98. The second-order valence-corrected chi connectivity index (χ2v) is 6.47. The summed E-state index contributed by atoms with van der Waals surface area (Å²) >= 11 is 3.45. The molecule has 1 amide bonds. The number of rotatable bonds is 8. The van der Waals surface area contributed by atoms with Crippen LogP contribution in [0, 0.1) is 6.92 Å². The van der Waals surface area contributed by atoms with Gasteiger partial charge in [0, 0.05) is 23.1 Å². The lowest BCUT2D eigenvalue weighted by atomic mass is 10.1. The maximum absolute atomic E-state index is 11.9. The summed E-state index contributed by atoms with van der Waals surface area (Å²) in [6.45, 7) is 3.49. The van der Waals surface area contributed by atoms with E-state index >= 15 is 0 Å². The van der Waals surface area contributed by atoms with E-state index in [9.17, 15) is 4.79 Å². The molecule has 2 aromatic carbocycles. The summed E-state index contributed by atoms with van der Waals surface area (Å²) in [6, 6.07) is 13.8. The van der Waals surface area contributed by atoms with E-state index in [1.165, 1.54) is 5.56 Å². The summed E-state index contributed by atoms with van der Waals surface area (Å²) < 4.78 is 6.25. The Hall–Kier alpha value is -1.85. The molecule has 24 heavy (non-hydrogen) atoms. The van der Waals surface area contributed by atoms with Gasteiger partial charge in [0.05, 0.1) is 7.11 Å². The standard InChI is InChI=1S/C19H23BrN2O2/c1-14-12-16(6-7-18(14)20)22-19(23)9-11-21-10-8-15-4-3-5-17(13-15)24-2/h3-7,12-13,21H,8-11H2,1-2H3,(H,22,23). The number of anilines is 1. The third kappa shape index (κ3) is 5.98. The Morgan fingerprint density at radius 3 is 2.75 bits per heavy atom. The smallest absolute Gasteiger partial charge is 0.225 e. The van der Waals surface area contributed by atoms with Crippen LogP contribution in [0.25, 0.3) is 0 Å². The highest BCUT2D eigenvalue weighted by atomic mass is 79.9. The average molecular weight is 391 g/mol. The first-order chi connectivity index (χ1) is 11.6. The van der Waals surface area contributed by atoms with Crippen molar-refractivity contribution in [2.45, 2.75) is 19.8 Å². The van der Waals surface area contributed by atoms with Crippen LogP contribution in [0.15, 0.2) is 46.9 Å². The molecule has 0 aliphatic heterocycles. The zero-order chi connectivity index (χ0) is 17.4. The van der Waals surface area contributed by atoms with Gasteiger partial charge >= 0.3 is 0 Å². The van der Waals surface area contributed by atoms with Crippen molar-refractivity contribution >= 4 is 27.5 Å². The molecule has 0 unspecified atom stereocenters. The number of methoxy groups -OCH3 is 1. The lowest BCUT2D eigenvalue weighted by molar-refractivity contribution is -0.116. The Bertz CT molecular complexity index is 689. The second-order valence-electron chi connectivity index (χ2n) is 5.61. The predicted octanol–water partition coefficient (Wildman–Crippen LogP) is 3.93. The van der Waals surface area contributed by atoms with Crippen LogP contribution < -0.4 is 15.4 Å². The fourth-order valence-corrected chi connectivity index (χ4v) is 2.58. The van der Waals surface area contributed by atoms with E-state index in [0.717, 1.165) is 34.4 Å². The van der Waals surface area contributed by atoms with Crippen molar-refractivity contribution in [1.82, 2.24) is 5.32 Å². The van der Waals surface area contributed by atoms with Gasteiger partial charge in [0.1, 0.15) is 5.75 Å². The van der Waals surface area contributed by atoms with Crippen molar-refractivity contribution in [3.05, 3.63) is 58.1 Å². The van der Waals surface area contributed by atoms with Gasteiger partial charge < -0.3 is 15.4 Å². The Labute approximate surface area is 151 Å². The van der Waals surface area contributed by atoms with E-state index < -0.39 is 0 Å². The fourth-order valence-electron chi connectivity index (χ4n) is 2.33. The van der Waals surface area contributed by atoms with Gasteiger partial charge in [-0.25, -0.2) is 0 Å². The molecule has 0 aromatic heterocycles. The number of halogens is 1. The minimum Gasteiger partial charge on any atom is -0.497 e. The number of nitrogens with one attached hydrogen (secondary N) is 2. The number of hydrogen-bond acceptors (Lipinski definition) is 3. The molecule has 0 saturated carbocycles. The van der Waals surface area contributed by atoms with Crippen molar-refractivity contribution in [3.8, 4) is 5.75 Å². The zero-order valence-electron chi connectivity index (χ0n) is 14.1. The lowest BCUT2D eigenvalue weighted by Crippen LogP contribution is -2.23. The van der Waals surface area contributed by atoms with Crippen molar-refractivity contribution in [2.24, 2.45) is 0 Å². The van der Waals surface area contributed by atoms with Crippen LogP contribution in [0.3, 0.4) is 0 Å². The molecule has 0 fully saturated rings. The number of carbonyl (C=O) groups is 1. The molecule has 5 heteroatoms. The number of benzene rings is 2. The molecule has 0 bridgehead atoms. The van der Waals surface area contributed by atoms with E-state index in [4.69, 9.17) is 4.74 Å². The maximum atomic E-state index is 11.9. The predicted molar refractivity (Wildman–Crippen MR) is 102 cm³/mol. The zero-order valence-corrected chi connectivity index (χ0v) is 15.7. The molecule has 2 rings (SSSR count). The van der Waals surface area contributed by atoms with Gasteiger partial charge in [-0.2, -0.15) is 0 Å². The van der Waals surface area contributed by atoms with Crippen LogP contribution in [0.2, 0.25) is 0 Å². The molecule has 0 atom stereocenters. The topological polar surface area (TPSA) is 50.4 Å². The molecule has 0 aliphatic rings. The second kappa shape index (κ2) is 9.45. The van der Waals surface area contributed by atoms with Crippen LogP contribution in [-0.2, 0) is 11.2 Å². The van der Waals surface area contributed by atoms with Crippen molar-refractivity contribution in [1.29, 1.82) is 0 Å². The van der Waals surface area contributed by atoms with E-state index in [1.54, 1.807) is 7.11 Å². The van der Waals surface area contributed by atoms with Crippen LogP contribution in [0.5, 0.6) is 5.75 Å². The molecule has 0 spiro atoms. The molecule has 4 nitrogen and oxygen atoms in total. The Morgan fingerprint density at radius 1 is 1.17 bits per heavy atom. The summed E-state index contributed by atoms with van der Waals surface area (Å²) in [5.74, 6) is 0.891. The molecule has 0 saturated heterocycles. The minimum atomic E-state index is 0.0191. The molecular weight excluding hydrogens is 368 g/mol. The number of carbonyl (C=O) groups excluding carboxylic acids is 1. The first kappa shape index (κ1) is 18.5. The Kier molecular flexibility index (Phi) is 7.28. The van der Waals surface area contributed by atoms with E-state index in [0.29, 0.717) is 13.0 Å². The quantitative estimate of drug-likeness (QED) is 0.671. The van der Waals surface area contributed by atoms with E-state index in [-0.39, 0.29) is 5.91 Å². The summed E-state index contributed by atoms with van der Waals surface area (Å²) in [7, 11) is 1.67. The lowest BCUT2D eigenvalue weighted by Gasteiger charge is -2.08. The highest BCUT2D eigenvalue weighted by molar-refractivity contribution is 9.10. The van der Waals surface area contributed by atoms with Crippen molar-refractivity contribution < 1.29 is 9.53 Å². The highest BCUT2D eigenvalue weighted by Gasteiger charge is 2.03. The largest absolute Gasteiger partial charge is 0.497 e. The van der Waals surface area contributed by atoms with Crippen molar-refractivity contribution in [2.75, 3.05) is 25.5 Å². The van der Waals surface area contributed by atoms with Gasteiger partial charge in [0.25, 0.3) is 0 Å². The van der Waals surface area contributed by atoms with Gasteiger partial charge in [-0.15, -0.1) is 0 Å². The van der Waals surface area contributed by atoms with Gasteiger partial charge in [-0.1, -0.05) is 28.1 Å². The van der Waals surface area contributed by atoms with Crippen molar-refractivity contribution in [3.63, 3.8) is 0 Å². The van der Waals surface area contributed by atoms with E-state index in [2.05, 4.69) is 32.6 Å². The molecule has 2 aromatic rings. The van der Waals surface area contributed by atoms with Crippen LogP contribution in [0.1, 0.15) is 17.5 Å². The summed E-state index contributed by atoms with van der Waals surface area (Å²) in [4.78, 5) is 11.9. The minimum absolute atomic E-state index is 0.0191. The number of ether oxygens (including phenoxy) is 1. The average Bonchev–Trinajstić information content (AvgIpc) is 2.58. The van der Waals surface area contributed by atoms with Gasteiger partial charge in [0.15, 0.2) is 0 Å². The third-order valence-corrected chi connectivity index (χ3v) is 4.58. The van der Waals surface area contributed by atoms with Crippen LogP contribution in [0.4, 0.5) is 5.69 Å². The Balaban J connectivity index is 1.66. The summed E-state index contributed by atoms with van der Waals surface area (Å²) in [5.41, 5.74) is 3.15. The van der Waals surface area contributed by atoms with Gasteiger partial charge in [-0.3, -0.25) is 4.79 Å². The van der Waals surface area contributed by atoms with Crippen LogP contribution >= 0.6 is 15.9 Å². The monoisotopic (exact) mass is 390 g/mol. The molecule has 0 heterocycles. The number of amides is 1. The third-order valence-electron chi connectivity index (χ3n) is 3.70. The summed E-state index contributed by atoms with van der Waals surface area (Å²) in [6.07, 6.45) is 1.36. The van der Waals surface area contributed by atoms with Gasteiger partial charge in [0.2, 0.25) is 5.91 Å². The van der Waals surface area contributed by atoms with Gasteiger partial charge in [-0.05, 0) is 61.3 Å². The normalized spacial score (nSPS) is 10.5. The first-order valence-corrected chi connectivity index (χ1v) is 8.77. The highest BCUT2D eigenvalue weighted by Crippen LogP contribution is 2.20. The molecule has 0 radical (unpaired) electrons. The number of aryl methyl sites for hydroxylation is 1.